The van der Waals surface area contributed by atoms with Gasteiger partial charge in [-0.25, -0.2) is 9.18 Å². The Morgan fingerprint density at radius 2 is 1.68 bits per heavy atom. The minimum Gasteiger partial charge on any atom is -0.423 e. The van der Waals surface area contributed by atoms with Crippen LogP contribution in [0.2, 0.25) is 5.02 Å². The topological polar surface area (TPSA) is 43.4 Å². The summed E-state index contributed by atoms with van der Waals surface area (Å²) in [5.41, 5.74) is 1.82. The van der Waals surface area contributed by atoms with Gasteiger partial charge in [0.05, 0.1) is 10.6 Å². The SMILES string of the molecule is Cc1ccccc1C(=O)Oc1ccc(C(=O)C=Cc2c(F)cccc2Cl)cc1. The van der Waals surface area contributed by atoms with Crippen molar-refractivity contribution in [2.45, 2.75) is 6.92 Å². The quantitative estimate of drug-likeness (QED) is 0.234. The molecular weight excluding hydrogens is 379 g/mol. The van der Waals surface area contributed by atoms with Gasteiger partial charge in [-0.1, -0.05) is 35.9 Å². The van der Waals surface area contributed by atoms with Crippen LogP contribution in [-0.4, -0.2) is 11.8 Å². The van der Waals surface area contributed by atoms with Crippen molar-refractivity contribution in [3.63, 3.8) is 0 Å². The number of aryl methyl sites for hydroxylation is 1. The molecule has 0 fully saturated rings. The lowest BCUT2D eigenvalue weighted by molar-refractivity contribution is 0.0734. The maximum atomic E-state index is 13.8. The number of carbonyl (C=O) groups excluding carboxylic acids is 2. The van der Waals surface area contributed by atoms with E-state index in [1.807, 2.05) is 19.1 Å². The number of ether oxygens (including phenoxy) is 1. The highest BCUT2D eigenvalue weighted by atomic mass is 35.5. The van der Waals surface area contributed by atoms with Gasteiger partial charge >= 0.3 is 5.97 Å². The second-order valence-electron chi connectivity index (χ2n) is 6.06. The summed E-state index contributed by atoms with van der Waals surface area (Å²) in [6.07, 6.45) is 2.59. The smallest absolute Gasteiger partial charge is 0.343 e. The molecular formula is C23H16ClFO3. The highest BCUT2D eigenvalue weighted by Crippen LogP contribution is 2.21. The molecule has 0 saturated carbocycles. The number of benzene rings is 3. The van der Waals surface area contributed by atoms with Crippen LogP contribution in [-0.2, 0) is 0 Å². The van der Waals surface area contributed by atoms with Crippen LogP contribution in [0.15, 0.2) is 72.8 Å². The van der Waals surface area contributed by atoms with Gasteiger partial charge in [0.15, 0.2) is 5.78 Å². The maximum Gasteiger partial charge on any atom is 0.343 e. The van der Waals surface area contributed by atoms with Gasteiger partial charge in [0.1, 0.15) is 11.6 Å². The molecule has 3 aromatic carbocycles. The normalized spacial score (nSPS) is 10.8. The Morgan fingerprint density at radius 3 is 2.36 bits per heavy atom. The first kappa shape index (κ1) is 19.5. The summed E-state index contributed by atoms with van der Waals surface area (Å²) in [6, 6.07) is 17.6. The van der Waals surface area contributed by atoms with E-state index in [2.05, 4.69) is 0 Å². The average Bonchev–Trinajstić information content (AvgIpc) is 2.68. The van der Waals surface area contributed by atoms with Crippen molar-refractivity contribution in [3.8, 4) is 5.75 Å². The lowest BCUT2D eigenvalue weighted by Gasteiger charge is -2.07. The summed E-state index contributed by atoms with van der Waals surface area (Å²) in [7, 11) is 0. The van der Waals surface area contributed by atoms with E-state index in [-0.39, 0.29) is 16.4 Å². The summed E-state index contributed by atoms with van der Waals surface area (Å²) in [5, 5.41) is 0.225. The number of hydrogen-bond donors (Lipinski definition) is 0. The number of ketones is 1. The van der Waals surface area contributed by atoms with Gasteiger partial charge < -0.3 is 4.74 Å². The second-order valence-corrected chi connectivity index (χ2v) is 6.47. The van der Waals surface area contributed by atoms with Gasteiger partial charge in [0.2, 0.25) is 0 Å². The van der Waals surface area contributed by atoms with Crippen LogP contribution in [0.25, 0.3) is 6.08 Å². The fourth-order valence-electron chi connectivity index (χ4n) is 2.58. The molecule has 0 radical (unpaired) electrons. The van der Waals surface area contributed by atoms with Crippen LogP contribution in [0.5, 0.6) is 5.75 Å². The van der Waals surface area contributed by atoms with E-state index < -0.39 is 11.8 Å². The van der Waals surface area contributed by atoms with Crippen molar-refractivity contribution in [3.05, 3.63) is 106 Å². The fourth-order valence-corrected chi connectivity index (χ4v) is 2.80. The molecule has 0 aliphatic rings. The van der Waals surface area contributed by atoms with Crippen LogP contribution in [0.4, 0.5) is 4.39 Å². The van der Waals surface area contributed by atoms with E-state index in [0.717, 1.165) is 5.56 Å². The Labute approximate surface area is 167 Å². The summed E-state index contributed by atoms with van der Waals surface area (Å²) in [6.45, 7) is 1.83. The molecule has 0 bridgehead atoms. The summed E-state index contributed by atoms with van der Waals surface area (Å²) in [5.74, 6) is -0.969. The summed E-state index contributed by atoms with van der Waals surface area (Å²) < 4.78 is 19.1. The number of rotatable bonds is 5. The molecule has 3 aromatic rings. The van der Waals surface area contributed by atoms with Gasteiger partial charge in [-0.15, -0.1) is 0 Å². The third kappa shape index (κ3) is 4.53. The van der Waals surface area contributed by atoms with Crippen LogP contribution >= 0.6 is 11.6 Å². The Balaban J connectivity index is 1.70. The van der Waals surface area contributed by atoms with Gasteiger partial charge in [0, 0.05) is 11.1 Å². The van der Waals surface area contributed by atoms with Crippen molar-refractivity contribution in [2.24, 2.45) is 0 Å². The van der Waals surface area contributed by atoms with E-state index in [1.165, 1.54) is 48.6 Å². The van der Waals surface area contributed by atoms with Crippen LogP contribution < -0.4 is 4.74 Å². The molecule has 3 nitrogen and oxygen atoms in total. The Hall–Kier alpha value is -3.24. The van der Waals surface area contributed by atoms with E-state index in [0.29, 0.717) is 16.9 Å². The zero-order valence-electron chi connectivity index (χ0n) is 15.0. The van der Waals surface area contributed by atoms with E-state index in [9.17, 15) is 14.0 Å². The van der Waals surface area contributed by atoms with Crippen molar-refractivity contribution >= 4 is 29.4 Å². The van der Waals surface area contributed by atoms with Gasteiger partial charge in [-0.2, -0.15) is 0 Å². The predicted molar refractivity (Wildman–Crippen MR) is 107 cm³/mol. The zero-order chi connectivity index (χ0) is 20.1. The largest absolute Gasteiger partial charge is 0.423 e. The zero-order valence-corrected chi connectivity index (χ0v) is 15.7. The molecule has 3 rings (SSSR count). The molecule has 0 heterocycles. The molecule has 140 valence electrons. The number of carbonyl (C=O) groups is 2. The number of hydrogen-bond acceptors (Lipinski definition) is 3. The lowest BCUT2D eigenvalue weighted by Crippen LogP contribution is -2.10. The average molecular weight is 395 g/mol. The van der Waals surface area contributed by atoms with Crippen molar-refractivity contribution < 1.29 is 18.7 Å². The molecule has 0 aliphatic heterocycles. The third-order valence-corrected chi connectivity index (χ3v) is 4.45. The molecule has 0 aliphatic carbocycles. The first-order valence-electron chi connectivity index (χ1n) is 8.50. The standard InChI is InChI=1S/C23H16ClFO3/c1-15-5-2-3-6-18(15)23(27)28-17-11-9-16(10-12-17)22(26)14-13-19-20(24)7-4-8-21(19)25/h2-14H,1H3. The van der Waals surface area contributed by atoms with Crippen molar-refractivity contribution in [1.29, 1.82) is 0 Å². The van der Waals surface area contributed by atoms with E-state index in [4.69, 9.17) is 16.3 Å². The Bertz CT molecular complexity index is 1040. The van der Waals surface area contributed by atoms with Crippen molar-refractivity contribution in [1.82, 2.24) is 0 Å². The van der Waals surface area contributed by atoms with E-state index in [1.54, 1.807) is 18.2 Å². The molecule has 28 heavy (non-hydrogen) atoms. The first-order chi connectivity index (χ1) is 13.5. The molecule has 0 saturated heterocycles. The molecule has 0 spiro atoms. The van der Waals surface area contributed by atoms with Crippen LogP contribution in [0, 0.1) is 12.7 Å². The highest BCUT2D eigenvalue weighted by Gasteiger charge is 2.11. The van der Waals surface area contributed by atoms with Crippen LogP contribution in [0.3, 0.4) is 0 Å². The third-order valence-electron chi connectivity index (χ3n) is 4.12. The number of allylic oxidation sites excluding steroid dienone is 1. The van der Waals surface area contributed by atoms with Crippen LogP contribution in [0.1, 0.15) is 31.8 Å². The monoisotopic (exact) mass is 394 g/mol. The minimum atomic E-state index is -0.505. The Morgan fingerprint density at radius 1 is 0.964 bits per heavy atom. The molecule has 0 aromatic heterocycles. The molecule has 0 atom stereocenters. The number of esters is 1. The molecule has 5 heteroatoms. The molecule has 0 N–H and O–H groups in total. The van der Waals surface area contributed by atoms with Gasteiger partial charge in [-0.05, 0) is 67.1 Å². The minimum absolute atomic E-state index is 0.154. The second kappa shape index (κ2) is 8.63. The van der Waals surface area contributed by atoms with Gasteiger partial charge in [-0.3, -0.25) is 4.79 Å². The summed E-state index contributed by atoms with van der Waals surface area (Å²) in [4.78, 5) is 24.5. The highest BCUT2D eigenvalue weighted by molar-refractivity contribution is 6.32. The number of halogens is 2. The molecule has 0 unspecified atom stereocenters. The molecule has 0 amide bonds. The first-order valence-corrected chi connectivity index (χ1v) is 8.88. The van der Waals surface area contributed by atoms with E-state index >= 15 is 0 Å². The lowest BCUT2D eigenvalue weighted by atomic mass is 10.1. The predicted octanol–water partition coefficient (Wildman–Crippen LogP) is 5.90. The Kier molecular flexibility index (Phi) is 6.02. The summed E-state index contributed by atoms with van der Waals surface area (Å²) >= 11 is 5.94. The van der Waals surface area contributed by atoms with Crippen molar-refractivity contribution in [2.75, 3.05) is 0 Å². The maximum absolute atomic E-state index is 13.8. The van der Waals surface area contributed by atoms with Gasteiger partial charge in [0.25, 0.3) is 0 Å². The fraction of sp³-hybridized carbons (Fsp3) is 0.0435.